The maximum Gasteiger partial charge on any atom is 0.246 e. The predicted molar refractivity (Wildman–Crippen MR) is 102 cm³/mol. The molecule has 0 aliphatic heterocycles. The summed E-state index contributed by atoms with van der Waals surface area (Å²) < 4.78 is 1.63. The zero-order valence-electron chi connectivity index (χ0n) is 14.8. The lowest BCUT2D eigenvalue weighted by Gasteiger charge is -2.23. The van der Waals surface area contributed by atoms with Crippen LogP contribution in [0.25, 0.3) is 0 Å². The lowest BCUT2D eigenvalue weighted by atomic mass is 9.95. The maximum absolute atomic E-state index is 12.2. The molecule has 1 aromatic carbocycles. The average molecular weight is 361 g/mol. The van der Waals surface area contributed by atoms with Gasteiger partial charge in [-0.2, -0.15) is 5.10 Å². The molecule has 0 spiro atoms. The van der Waals surface area contributed by atoms with Crippen molar-refractivity contribution in [3.05, 3.63) is 40.7 Å². The zero-order valence-corrected chi connectivity index (χ0v) is 15.6. The van der Waals surface area contributed by atoms with Gasteiger partial charge in [0, 0.05) is 17.4 Å². The second-order valence-corrected chi connectivity index (χ2v) is 7.13. The number of benzene rings is 1. The van der Waals surface area contributed by atoms with Crippen LogP contribution in [0.15, 0.2) is 24.3 Å². The van der Waals surface area contributed by atoms with Crippen LogP contribution in [0, 0.1) is 13.8 Å². The highest BCUT2D eigenvalue weighted by Crippen LogP contribution is 2.23. The molecule has 1 saturated carbocycles. The Morgan fingerprint density at radius 2 is 1.80 bits per heavy atom. The fourth-order valence-electron chi connectivity index (χ4n) is 3.30. The summed E-state index contributed by atoms with van der Waals surface area (Å²) in [6.07, 6.45) is 6.45. The van der Waals surface area contributed by atoms with Gasteiger partial charge >= 0.3 is 0 Å². The molecule has 0 radical (unpaired) electrons. The SMILES string of the molecule is Cc1nn(CC(=O)Nc2ccc(NC3CCCCC3)cc2)c(C)c1Cl. The Bertz CT molecular complexity index is 733. The van der Waals surface area contributed by atoms with Crippen LogP contribution in [0.1, 0.15) is 43.5 Å². The molecule has 3 rings (SSSR count). The Labute approximate surface area is 153 Å². The Balaban J connectivity index is 1.55. The molecule has 0 saturated heterocycles. The van der Waals surface area contributed by atoms with Crippen LogP contribution < -0.4 is 10.6 Å². The second-order valence-electron chi connectivity index (χ2n) is 6.75. The van der Waals surface area contributed by atoms with E-state index in [-0.39, 0.29) is 12.5 Å². The number of anilines is 2. The minimum atomic E-state index is -0.116. The van der Waals surface area contributed by atoms with Gasteiger partial charge in [0.2, 0.25) is 5.91 Å². The molecular formula is C19H25ClN4O. The molecule has 2 N–H and O–H groups in total. The van der Waals surface area contributed by atoms with E-state index in [0.717, 1.165) is 22.8 Å². The van der Waals surface area contributed by atoms with Gasteiger partial charge in [0.05, 0.1) is 16.4 Å². The van der Waals surface area contributed by atoms with Gasteiger partial charge in [-0.3, -0.25) is 9.48 Å². The van der Waals surface area contributed by atoms with Crippen molar-refractivity contribution in [2.45, 2.75) is 58.5 Å². The summed E-state index contributed by atoms with van der Waals surface area (Å²) in [7, 11) is 0. The number of nitrogens with zero attached hydrogens (tertiary/aromatic N) is 2. The van der Waals surface area contributed by atoms with E-state index in [1.807, 2.05) is 38.1 Å². The Hall–Kier alpha value is -2.01. The number of amides is 1. The van der Waals surface area contributed by atoms with E-state index in [1.54, 1.807) is 4.68 Å². The minimum absolute atomic E-state index is 0.116. The van der Waals surface area contributed by atoms with Crippen LogP contribution in [0.5, 0.6) is 0 Å². The third-order valence-electron chi connectivity index (χ3n) is 4.73. The third kappa shape index (κ3) is 4.54. The maximum atomic E-state index is 12.2. The van der Waals surface area contributed by atoms with Crippen molar-refractivity contribution in [3.8, 4) is 0 Å². The summed E-state index contributed by atoms with van der Waals surface area (Å²) in [6, 6.07) is 8.47. The van der Waals surface area contributed by atoms with Gasteiger partial charge in [-0.15, -0.1) is 0 Å². The molecule has 2 aromatic rings. The smallest absolute Gasteiger partial charge is 0.246 e. The molecule has 1 fully saturated rings. The third-order valence-corrected chi connectivity index (χ3v) is 5.28. The minimum Gasteiger partial charge on any atom is -0.382 e. The Morgan fingerprint density at radius 1 is 1.16 bits per heavy atom. The molecule has 25 heavy (non-hydrogen) atoms. The molecule has 0 unspecified atom stereocenters. The number of halogens is 1. The van der Waals surface area contributed by atoms with Gasteiger partial charge < -0.3 is 10.6 Å². The molecule has 0 bridgehead atoms. The molecule has 6 heteroatoms. The molecule has 0 atom stereocenters. The van der Waals surface area contributed by atoms with Crippen LogP contribution >= 0.6 is 11.6 Å². The molecule has 1 heterocycles. The highest BCUT2D eigenvalue weighted by Gasteiger charge is 2.14. The van der Waals surface area contributed by atoms with Crippen molar-refractivity contribution in [3.63, 3.8) is 0 Å². The van der Waals surface area contributed by atoms with Gasteiger partial charge in [0.15, 0.2) is 0 Å². The number of hydrogen-bond donors (Lipinski definition) is 2. The lowest BCUT2D eigenvalue weighted by Crippen LogP contribution is -2.22. The topological polar surface area (TPSA) is 59.0 Å². The van der Waals surface area contributed by atoms with Crippen molar-refractivity contribution in [2.24, 2.45) is 0 Å². The summed E-state index contributed by atoms with van der Waals surface area (Å²) >= 11 is 6.12. The first-order valence-electron chi connectivity index (χ1n) is 8.89. The van der Waals surface area contributed by atoms with Crippen LogP contribution in [0.3, 0.4) is 0 Å². The van der Waals surface area contributed by atoms with E-state index < -0.39 is 0 Å². The van der Waals surface area contributed by atoms with E-state index >= 15 is 0 Å². The predicted octanol–water partition coefficient (Wildman–Crippen LogP) is 4.54. The summed E-state index contributed by atoms with van der Waals surface area (Å²) in [4.78, 5) is 12.2. The summed E-state index contributed by atoms with van der Waals surface area (Å²) in [5, 5.41) is 11.4. The highest BCUT2D eigenvalue weighted by atomic mass is 35.5. The van der Waals surface area contributed by atoms with Crippen molar-refractivity contribution in [1.29, 1.82) is 0 Å². The lowest BCUT2D eigenvalue weighted by molar-refractivity contribution is -0.116. The highest BCUT2D eigenvalue weighted by molar-refractivity contribution is 6.31. The largest absolute Gasteiger partial charge is 0.382 e. The number of hydrogen-bond acceptors (Lipinski definition) is 3. The van der Waals surface area contributed by atoms with Gasteiger partial charge in [-0.25, -0.2) is 0 Å². The molecule has 5 nitrogen and oxygen atoms in total. The molecular weight excluding hydrogens is 336 g/mol. The van der Waals surface area contributed by atoms with Gasteiger partial charge in [-0.05, 0) is 51.0 Å². The molecule has 1 aliphatic carbocycles. The fraction of sp³-hybridized carbons (Fsp3) is 0.474. The molecule has 1 aliphatic rings. The number of carbonyl (C=O) groups is 1. The van der Waals surface area contributed by atoms with E-state index in [2.05, 4.69) is 15.7 Å². The summed E-state index contributed by atoms with van der Waals surface area (Å²) in [5.74, 6) is -0.116. The first-order valence-corrected chi connectivity index (χ1v) is 9.26. The first kappa shape index (κ1) is 17.8. The molecule has 1 aromatic heterocycles. The number of aromatic nitrogens is 2. The summed E-state index contributed by atoms with van der Waals surface area (Å²) in [6.45, 7) is 3.85. The zero-order chi connectivity index (χ0) is 17.8. The van der Waals surface area contributed by atoms with Gasteiger partial charge in [-0.1, -0.05) is 30.9 Å². The van der Waals surface area contributed by atoms with Crippen molar-refractivity contribution >= 4 is 28.9 Å². The Morgan fingerprint density at radius 3 is 2.40 bits per heavy atom. The fourth-order valence-corrected chi connectivity index (χ4v) is 3.43. The van der Waals surface area contributed by atoms with Gasteiger partial charge in [0.1, 0.15) is 6.54 Å². The van der Waals surface area contributed by atoms with E-state index in [1.165, 1.54) is 32.1 Å². The van der Waals surface area contributed by atoms with E-state index in [4.69, 9.17) is 11.6 Å². The normalized spacial score (nSPS) is 15.2. The van der Waals surface area contributed by atoms with E-state index in [9.17, 15) is 4.79 Å². The quantitative estimate of drug-likeness (QED) is 0.823. The number of nitrogens with one attached hydrogen (secondary N) is 2. The van der Waals surface area contributed by atoms with Crippen molar-refractivity contribution in [1.82, 2.24) is 9.78 Å². The van der Waals surface area contributed by atoms with Crippen LogP contribution in [-0.4, -0.2) is 21.7 Å². The average Bonchev–Trinajstić information content (AvgIpc) is 2.84. The summed E-state index contributed by atoms with van der Waals surface area (Å²) in [5.41, 5.74) is 3.44. The van der Waals surface area contributed by atoms with E-state index in [0.29, 0.717) is 11.1 Å². The second kappa shape index (κ2) is 7.91. The van der Waals surface area contributed by atoms with Crippen LogP contribution in [0.2, 0.25) is 5.02 Å². The van der Waals surface area contributed by atoms with Crippen LogP contribution in [-0.2, 0) is 11.3 Å². The Kier molecular flexibility index (Phi) is 5.63. The monoisotopic (exact) mass is 360 g/mol. The number of aryl methyl sites for hydroxylation is 1. The van der Waals surface area contributed by atoms with Gasteiger partial charge in [0.25, 0.3) is 0 Å². The number of carbonyl (C=O) groups excluding carboxylic acids is 1. The molecule has 134 valence electrons. The first-order chi connectivity index (χ1) is 12.0. The number of rotatable bonds is 5. The van der Waals surface area contributed by atoms with Crippen LogP contribution in [0.4, 0.5) is 11.4 Å². The van der Waals surface area contributed by atoms with Crippen molar-refractivity contribution in [2.75, 3.05) is 10.6 Å². The molecule has 1 amide bonds. The van der Waals surface area contributed by atoms with Crippen molar-refractivity contribution < 1.29 is 4.79 Å². The standard InChI is InChI=1S/C19H25ClN4O/c1-13-19(20)14(2)24(23-13)12-18(25)22-17-10-8-16(9-11-17)21-15-6-4-3-5-7-15/h8-11,15,21H,3-7,12H2,1-2H3,(H,22,25).